The van der Waals surface area contributed by atoms with E-state index in [0.717, 1.165) is 13.1 Å². The number of rotatable bonds is 22. The number of nitrogens with one attached hydrogen (secondary N) is 1. The molecule has 33 nitrogen and oxygen atoms in total. The van der Waals surface area contributed by atoms with Gasteiger partial charge >= 0.3 is 76.0 Å². The first-order valence-electron chi connectivity index (χ1n) is 15.5. The number of unbranched alkanes of at least 4 members (excludes halogenated alkanes) is 6. The zero-order chi connectivity index (χ0) is 49.7. The van der Waals surface area contributed by atoms with E-state index in [1.807, 2.05) is 0 Å². The van der Waals surface area contributed by atoms with Crippen LogP contribution in [0.2, 0.25) is 0 Å². The van der Waals surface area contributed by atoms with Crippen LogP contribution in [0.25, 0.3) is 0 Å². The lowest BCUT2D eigenvalue weighted by Crippen LogP contribution is -2.16. The highest BCUT2D eigenvalue weighted by molar-refractivity contribution is 7.71. The third-order valence-corrected chi connectivity index (χ3v) is 19.2. The van der Waals surface area contributed by atoms with Crippen molar-refractivity contribution in [2.75, 3.05) is 55.7 Å². The highest BCUT2D eigenvalue weighted by atomic mass is 31.3. The molecule has 0 heterocycles. The summed E-state index contributed by atoms with van der Waals surface area (Å²) in [5.41, 5.74) is 10.8. The molecule has 43 heteroatoms. The first kappa shape index (κ1) is 73.0. The Kier molecular flexibility index (Phi) is 41.1. The molecule has 0 aromatic rings. The summed E-state index contributed by atoms with van der Waals surface area (Å²) in [4.78, 5) is 159. The van der Waals surface area contributed by atoms with E-state index in [9.17, 15) is 45.7 Å². The Balaban J connectivity index is -0.000000148. The topological polar surface area (TPSA) is 639 Å². The van der Waals surface area contributed by atoms with E-state index in [4.69, 9.17) is 109 Å². The molecule has 0 aliphatic rings. The van der Waals surface area contributed by atoms with Gasteiger partial charge in [0.05, 0.1) is 0 Å². The average molecular weight is 1100 g/mol. The van der Waals surface area contributed by atoms with Crippen molar-refractivity contribution in [3.63, 3.8) is 0 Å². The summed E-state index contributed by atoms with van der Waals surface area (Å²) in [5, 5.41) is 3.48. The van der Waals surface area contributed by atoms with Gasteiger partial charge in [-0.2, -0.15) is 0 Å². The van der Waals surface area contributed by atoms with E-state index < -0.39 is 105 Å². The summed E-state index contributed by atoms with van der Waals surface area (Å²) < 4.78 is 98.5. The van der Waals surface area contributed by atoms with Gasteiger partial charge in [0.15, 0.2) is 29.5 Å². The molecule has 0 aromatic carbocycles. The molecule has 0 saturated heterocycles. The van der Waals surface area contributed by atoms with Crippen LogP contribution in [0.4, 0.5) is 0 Å². The SMILES string of the molecule is NCCCCCCNCCCCCCN.O=P(O)(O)CP(=O)(O)O.O=P(O)(O)CP(=O)(O)O.O=P(O)(O)CP(=O)(O)O.O=P(O)(O)CP(=O)(O)O.O=P(O)(O)CP(=O)(O)O. The van der Waals surface area contributed by atoms with Crippen LogP contribution in [0.5, 0.6) is 0 Å². The summed E-state index contributed by atoms with van der Waals surface area (Å²) in [6.07, 6.45) is 10.2. The molecule has 0 amide bonds. The first-order chi connectivity index (χ1) is 25.9. The van der Waals surface area contributed by atoms with Gasteiger partial charge in [0.2, 0.25) is 0 Å². The molecule has 0 atom stereocenters. The van der Waals surface area contributed by atoms with Gasteiger partial charge in [0.1, 0.15) is 0 Å². The van der Waals surface area contributed by atoms with Crippen LogP contribution in [0.3, 0.4) is 0 Å². The molecule has 0 aliphatic heterocycles. The van der Waals surface area contributed by atoms with Crippen LogP contribution >= 0.6 is 76.0 Å². The van der Waals surface area contributed by atoms with Crippen molar-refractivity contribution >= 4 is 76.0 Å². The van der Waals surface area contributed by atoms with Crippen molar-refractivity contribution in [1.82, 2.24) is 5.32 Å². The normalized spacial score (nSPS) is 13.0. The molecule has 0 unspecified atom stereocenters. The Bertz CT molecular complexity index is 1250. The molecule has 0 aromatic heterocycles. The van der Waals surface area contributed by atoms with Gasteiger partial charge in [-0.3, -0.25) is 45.7 Å². The average Bonchev–Trinajstić information content (AvgIpc) is 2.83. The summed E-state index contributed by atoms with van der Waals surface area (Å²) >= 11 is 0. The maximum Gasteiger partial charge on any atom is 0.337 e. The van der Waals surface area contributed by atoms with E-state index in [-0.39, 0.29) is 0 Å². The second-order valence-electron chi connectivity index (χ2n) is 11.5. The van der Waals surface area contributed by atoms with Crippen molar-refractivity contribution in [2.45, 2.75) is 51.4 Å². The van der Waals surface area contributed by atoms with E-state index >= 15 is 0 Å². The van der Waals surface area contributed by atoms with Crippen LogP contribution in [-0.2, 0) is 45.7 Å². The summed E-state index contributed by atoms with van der Waals surface area (Å²) in [6, 6.07) is 0. The number of hydrogen-bond acceptors (Lipinski definition) is 13. The van der Waals surface area contributed by atoms with Gasteiger partial charge in [-0.1, -0.05) is 25.7 Å². The quantitative estimate of drug-likeness (QED) is 0.0416. The Morgan fingerprint density at radius 2 is 0.383 bits per heavy atom. The zero-order valence-corrected chi connectivity index (χ0v) is 40.1. The lowest BCUT2D eigenvalue weighted by atomic mass is 10.2. The molecular formula is C17H59N3O30P10. The highest BCUT2D eigenvalue weighted by Crippen LogP contribution is 2.54. The van der Waals surface area contributed by atoms with Crippen molar-refractivity contribution < 1.29 is 144 Å². The van der Waals surface area contributed by atoms with Crippen LogP contribution in [0.15, 0.2) is 0 Å². The van der Waals surface area contributed by atoms with Crippen molar-refractivity contribution in [3.8, 4) is 0 Å². The van der Waals surface area contributed by atoms with E-state index in [0.29, 0.717) is 0 Å². The van der Waals surface area contributed by atoms with Gasteiger partial charge in [-0.25, -0.2) is 0 Å². The van der Waals surface area contributed by atoms with Crippen LogP contribution in [0.1, 0.15) is 51.4 Å². The van der Waals surface area contributed by atoms with Gasteiger partial charge in [-0.15, -0.1) is 0 Å². The molecule has 0 radical (unpaired) electrons. The smallest absolute Gasteiger partial charge is 0.330 e. The van der Waals surface area contributed by atoms with Crippen LogP contribution in [-0.4, -0.2) is 154 Å². The second kappa shape index (κ2) is 33.8. The molecular weight excluding hydrogens is 1040 g/mol. The highest BCUT2D eigenvalue weighted by Gasteiger charge is 2.29. The third-order valence-electron chi connectivity index (χ3n) is 4.46. The zero-order valence-electron chi connectivity index (χ0n) is 31.2. The van der Waals surface area contributed by atoms with E-state index in [1.54, 1.807) is 0 Å². The molecule has 60 heavy (non-hydrogen) atoms. The fourth-order valence-corrected chi connectivity index (χ4v) is 12.4. The first-order valence-corrected chi connectivity index (χ1v) is 33.5. The Labute approximate surface area is 342 Å². The summed E-state index contributed by atoms with van der Waals surface area (Å²) in [7, 11) is -45.5. The van der Waals surface area contributed by atoms with E-state index in [2.05, 4.69) is 5.32 Å². The standard InChI is InChI=1S/C12H29N3.5CH6O6P2/c13-9-5-1-3-7-11-15-12-8-4-2-6-10-14;5*2-8(3,4)1-9(5,6)7/h15H,1-14H2;5*1H2,(H2,2,3,4)(H2,5,6,7). The Hall–Kier alpha value is 1.38. The maximum absolute atomic E-state index is 9.85. The van der Waals surface area contributed by atoms with Gasteiger partial charge in [0, 0.05) is 0 Å². The van der Waals surface area contributed by atoms with Crippen molar-refractivity contribution in [3.05, 3.63) is 0 Å². The summed E-state index contributed by atoms with van der Waals surface area (Å²) in [5.74, 6) is -6.88. The molecule has 0 aliphatic carbocycles. The number of hydrogen-bond donors (Lipinski definition) is 23. The lowest BCUT2D eigenvalue weighted by molar-refractivity contribution is 0.352. The lowest BCUT2D eigenvalue weighted by Gasteiger charge is -2.04. The Morgan fingerprint density at radius 1 is 0.250 bits per heavy atom. The molecule has 372 valence electrons. The fraction of sp³-hybridized carbons (Fsp3) is 1.00. The molecule has 25 N–H and O–H groups in total. The fourth-order valence-electron chi connectivity index (χ4n) is 2.82. The largest absolute Gasteiger partial charge is 0.337 e. The molecule has 0 fully saturated rings. The number of nitrogens with two attached hydrogens (primary N) is 2. The minimum Gasteiger partial charge on any atom is -0.330 e. The minimum atomic E-state index is -4.55. The van der Waals surface area contributed by atoms with Gasteiger partial charge in [0.25, 0.3) is 0 Å². The predicted octanol–water partition coefficient (Wildman–Crippen LogP) is -1.89. The van der Waals surface area contributed by atoms with Crippen molar-refractivity contribution in [1.29, 1.82) is 0 Å². The second-order valence-corrected chi connectivity index (χ2v) is 30.5. The predicted molar refractivity (Wildman–Crippen MR) is 213 cm³/mol. The monoisotopic (exact) mass is 1100 g/mol. The maximum atomic E-state index is 9.85. The van der Waals surface area contributed by atoms with Crippen LogP contribution in [0, 0.1) is 0 Å². The minimum absolute atomic E-state index is 0.842. The third kappa shape index (κ3) is 108. The van der Waals surface area contributed by atoms with Crippen LogP contribution < -0.4 is 16.8 Å². The van der Waals surface area contributed by atoms with E-state index in [1.165, 1.54) is 64.5 Å². The summed E-state index contributed by atoms with van der Waals surface area (Å²) in [6.45, 7) is 4.02. The molecule has 0 bridgehead atoms. The van der Waals surface area contributed by atoms with Gasteiger partial charge < -0.3 is 115 Å². The van der Waals surface area contributed by atoms with Crippen molar-refractivity contribution in [2.24, 2.45) is 11.5 Å². The molecule has 0 spiro atoms. The van der Waals surface area contributed by atoms with Gasteiger partial charge in [-0.05, 0) is 51.9 Å². The Morgan fingerprint density at radius 3 is 0.483 bits per heavy atom. The molecule has 0 saturated carbocycles. The molecule has 0 rings (SSSR count).